The van der Waals surface area contributed by atoms with E-state index in [0.29, 0.717) is 0 Å². The molecule has 0 bridgehead atoms. The van der Waals surface area contributed by atoms with Gasteiger partial charge in [-0.25, -0.2) is 0 Å². The largest absolute Gasteiger partial charge is 1.00 e. The Labute approximate surface area is 139 Å². The predicted octanol–water partition coefficient (Wildman–Crippen LogP) is -8.62. The Morgan fingerprint density at radius 2 is 0.929 bits per heavy atom. The summed E-state index contributed by atoms with van der Waals surface area (Å²) < 4.78 is 25.3. The zero-order valence-electron chi connectivity index (χ0n) is 7.76. The average molecular weight is 278 g/mol. The monoisotopic (exact) mass is 278 g/mol. The second-order valence-corrected chi connectivity index (χ2v) is 2.36. The Morgan fingerprint density at radius 1 is 0.929 bits per heavy atom. The molecule has 0 aromatic carbocycles. The molecule has 0 aliphatic carbocycles. The molecular weight excluding hydrogens is 270 g/mol. The van der Waals surface area contributed by atoms with Crippen molar-refractivity contribution >= 4 is 46.0 Å². The summed E-state index contributed by atoms with van der Waals surface area (Å²) in [4.78, 5) is 0. The Hall–Kier alpha value is 1.45. The van der Waals surface area contributed by atoms with Crippen LogP contribution in [0.5, 0.6) is 0 Å². The van der Waals surface area contributed by atoms with Crippen molar-refractivity contribution in [3.8, 4) is 0 Å². The molecule has 0 unspecified atom stereocenters. The van der Waals surface area contributed by atoms with Crippen LogP contribution < -0.4 is 82.0 Å². The third-order valence-corrected chi connectivity index (χ3v) is 0. The van der Waals surface area contributed by atoms with Crippen molar-refractivity contribution in [2.45, 2.75) is 0 Å². The van der Waals surface area contributed by atoms with Crippen LogP contribution in [-0.2, 0) is 11.4 Å². The zero-order chi connectivity index (χ0) is 10.7. The maximum atomic E-state index is 8.44. The Balaban J connectivity index is -0.0000000270. The van der Waals surface area contributed by atoms with E-state index in [9.17, 15) is 0 Å². The minimum atomic E-state index is -3.11. The van der Waals surface area contributed by atoms with Crippen LogP contribution in [0.1, 0.15) is 0 Å². The van der Waals surface area contributed by atoms with E-state index in [1.165, 1.54) is 0 Å². The van der Waals surface area contributed by atoms with Gasteiger partial charge >= 0.3 is 59.1 Å². The summed E-state index contributed by atoms with van der Waals surface area (Å²) in [6, 6.07) is 0. The second kappa shape index (κ2) is 23.9. The summed E-state index contributed by atoms with van der Waals surface area (Å²) in [6.45, 7) is 0. The first-order valence-electron chi connectivity index (χ1n) is 2.06. The molecule has 0 atom stereocenters. The molecule has 0 aromatic rings. The van der Waals surface area contributed by atoms with E-state index in [1.54, 1.807) is 0 Å². The number of rotatable bonds is 0. The van der Waals surface area contributed by atoms with Crippen LogP contribution in [0.4, 0.5) is 0 Å². The van der Waals surface area contributed by atoms with E-state index in [4.69, 9.17) is 13.3 Å². The van der Waals surface area contributed by atoms with Gasteiger partial charge in [0.05, 0.1) is 0 Å². The van der Waals surface area contributed by atoms with Crippen molar-refractivity contribution in [3.63, 3.8) is 0 Å². The van der Waals surface area contributed by atoms with Crippen LogP contribution in [0.3, 0.4) is 0 Å². The van der Waals surface area contributed by atoms with Crippen LogP contribution in [0.25, 0.3) is 0 Å². The molecule has 14 heavy (non-hydrogen) atoms. The third kappa shape index (κ3) is 992. The molecule has 8 N–H and O–H groups in total. The van der Waals surface area contributed by atoms with E-state index >= 15 is 0 Å². The van der Waals surface area contributed by atoms with Gasteiger partial charge in [-0.2, -0.15) is 0 Å². The van der Waals surface area contributed by atoms with Gasteiger partial charge in [-0.15, -0.1) is 11.4 Å². The molecule has 0 aliphatic heterocycles. The van der Waals surface area contributed by atoms with E-state index in [0.717, 1.165) is 0 Å². The summed E-state index contributed by atoms with van der Waals surface area (Å²) in [7, 11) is 0. The Morgan fingerprint density at radius 3 is 0.929 bits per heavy atom. The van der Waals surface area contributed by atoms with Crippen LogP contribution in [-0.4, -0.2) is 23.5 Å². The van der Waals surface area contributed by atoms with Crippen molar-refractivity contribution in [2.24, 2.45) is 22.9 Å². The fraction of sp³-hybridized carbons (Fsp3) is 0. The minimum absolute atomic E-state index is 0. The molecule has 0 heterocycles. The maximum absolute atomic E-state index is 8.44. The normalized spacial score (nSPS) is 5.93. The van der Waals surface area contributed by atoms with Crippen molar-refractivity contribution in [2.75, 3.05) is 0 Å². The van der Waals surface area contributed by atoms with E-state index in [2.05, 4.69) is 47.4 Å². The predicted molar refractivity (Wildman–Crippen MR) is 51.6 cm³/mol. The van der Waals surface area contributed by atoms with E-state index in [1.807, 2.05) is 0 Å². The number of hydrogen-bond donors (Lipinski definition) is 4. The Bertz CT molecular complexity index is 129. The fourth-order valence-corrected chi connectivity index (χ4v) is 0. The summed E-state index contributed by atoms with van der Waals surface area (Å²) in [5, 5.41) is 0.000000000000000444. The van der Waals surface area contributed by atoms with Gasteiger partial charge in [-0.1, -0.05) is 0 Å². The summed E-state index contributed by atoms with van der Waals surface area (Å²) in [5.74, 6) is 0. The first-order valence-corrected chi connectivity index (χ1v) is 3.88. The molecule has 0 aromatic heterocycles. The smallest absolute Gasteiger partial charge is 0.784 e. The fourth-order valence-electron chi connectivity index (χ4n) is 0. The van der Waals surface area contributed by atoms with Gasteiger partial charge in [0, 0.05) is 0 Å². The van der Waals surface area contributed by atoms with Crippen LogP contribution >= 0.6 is 24.4 Å². The van der Waals surface area contributed by atoms with E-state index < -0.39 is 11.4 Å². The molecule has 0 rings (SSSR count). The molecule has 0 saturated heterocycles. The molecule has 0 saturated carbocycles. The summed E-state index contributed by atoms with van der Waals surface area (Å²) >= 11 is 5.07. The average Bonchev–Trinajstić information content (AvgIpc) is 1.54. The van der Waals surface area contributed by atoms with Crippen molar-refractivity contribution in [3.05, 3.63) is 0 Å². The van der Waals surface area contributed by atoms with Gasteiger partial charge in [0.2, 0.25) is 0 Å². The summed E-state index contributed by atoms with van der Waals surface area (Å²) in [6.07, 6.45) is 0. The molecule has 0 aliphatic rings. The first-order chi connectivity index (χ1) is 5.20. The zero-order valence-corrected chi connectivity index (χ0v) is 14.2. The SMILES string of the molecule is NC(N)=S.NC(N)=S.O=S([O-])[O-].[Na+].[Na+]. The second-order valence-electron chi connectivity index (χ2n) is 1.01. The van der Waals surface area contributed by atoms with Gasteiger partial charge in [-0.05, 0) is 24.4 Å². The molecule has 0 fully saturated rings. The molecule has 12 heteroatoms. The Kier molecular flexibility index (Phi) is 50.5. The molecule has 0 amide bonds. The molecule has 0 spiro atoms. The van der Waals surface area contributed by atoms with Crippen molar-refractivity contribution in [1.29, 1.82) is 0 Å². The van der Waals surface area contributed by atoms with Gasteiger partial charge in [0.1, 0.15) is 0 Å². The van der Waals surface area contributed by atoms with Gasteiger partial charge in [-0.3, -0.25) is 4.21 Å². The van der Waals surface area contributed by atoms with Crippen LogP contribution in [0.15, 0.2) is 0 Å². The van der Waals surface area contributed by atoms with E-state index in [-0.39, 0.29) is 69.3 Å². The summed E-state index contributed by atoms with van der Waals surface area (Å²) in [5.41, 5.74) is 18.5. The minimum Gasteiger partial charge on any atom is -0.784 e. The maximum Gasteiger partial charge on any atom is 1.00 e. The standard InChI is InChI=1S/2CH4N2S.2Na.H2O3S/c2*2-1(3)4;;;1-4(2)3/h2*(H4,2,3,4);;;(H2,1,2,3)/q;;2*+1;/p-2. The first kappa shape index (κ1) is 29.5. The van der Waals surface area contributed by atoms with Crippen molar-refractivity contribution in [1.82, 2.24) is 0 Å². The van der Waals surface area contributed by atoms with Crippen LogP contribution in [0.2, 0.25) is 0 Å². The molecule has 7 nitrogen and oxygen atoms in total. The van der Waals surface area contributed by atoms with Gasteiger partial charge in [0.25, 0.3) is 0 Å². The van der Waals surface area contributed by atoms with Gasteiger partial charge in [0.15, 0.2) is 10.2 Å². The molecule has 0 radical (unpaired) electrons. The molecule has 74 valence electrons. The third-order valence-electron chi connectivity index (χ3n) is 0. The number of hydrogen-bond acceptors (Lipinski definition) is 5. The quantitative estimate of drug-likeness (QED) is 0.191. The van der Waals surface area contributed by atoms with Crippen molar-refractivity contribution < 1.29 is 72.4 Å². The van der Waals surface area contributed by atoms with Gasteiger partial charge < -0.3 is 32.0 Å². The van der Waals surface area contributed by atoms with Crippen LogP contribution in [0, 0.1) is 0 Å². The molecular formula is C2H8N4Na2O3S3. The topological polar surface area (TPSA) is 167 Å². The number of nitrogens with two attached hydrogens (primary N) is 4. The number of thiocarbonyl (C=S) groups is 2.